The van der Waals surface area contributed by atoms with Crippen molar-refractivity contribution in [3.8, 4) is 11.4 Å². The van der Waals surface area contributed by atoms with Crippen LogP contribution in [0.3, 0.4) is 0 Å². The second-order valence-corrected chi connectivity index (χ2v) is 9.98. The Kier molecular flexibility index (Phi) is 5.43. The van der Waals surface area contributed by atoms with Gasteiger partial charge in [0.25, 0.3) is 0 Å². The van der Waals surface area contributed by atoms with Gasteiger partial charge in [-0.3, -0.25) is 14.9 Å². The first-order valence-electron chi connectivity index (χ1n) is 12.3. The summed E-state index contributed by atoms with van der Waals surface area (Å²) in [6.07, 6.45) is 13.3. The summed E-state index contributed by atoms with van der Waals surface area (Å²) in [5.74, 6) is 1.90. The molecule has 178 valence electrons. The molecule has 8 nitrogen and oxygen atoms in total. The number of benzene rings is 1. The van der Waals surface area contributed by atoms with Crippen LogP contribution in [0.25, 0.3) is 39.0 Å². The Balaban J connectivity index is 1.15. The van der Waals surface area contributed by atoms with Crippen LogP contribution in [0.15, 0.2) is 48.7 Å². The molecule has 0 spiro atoms. The van der Waals surface area contributed by atoms with E-state index in [4.69, 9.17) is 10.1 Å². The zero-order valence-corrected chi connectivity index (χ0v) is 19.6. The van der Waals surface area contributed by atoms with Gasteiger partial charge in [-0.2, -0.15) is 5.10 Å². The van der Waals surface area contributed by atoms with Gasteiger partial charge in [0.2, 0.25) is 0 Å². The zero-order valence-electron chi connectivity index (χ0n) is 19.6. The number of fused-ring (bicyclic) bond motifs is 2. The highest BCUT2D eigenvalue weighted by molar-refractivity contribution is 5.92. The number of carboxylic acids is 1. The zero-order chi connectivity index (χ0) is 23.9. The molecule has 3 heterocycles. The fourth-order valence-electron chi connectivity index (χ4n) is 5.79. The summed E-state index contributed by atoms with van der Waals surface area (Å²) >= 11 is 0. The predicted octanol–water partition coefficient (Wildman–Crippen LogP) is 5.38. The van der Waals surface area contributed by atoms with E-state index in [1.54, 1.807) is 0 Å². The van der Waals surface area contributed by atoms with Gasteiger partial charge in [-0.15, -0.1) is 0 Å². The van der Waals surface area contributed by atoms with E-state index < -0.39 is 5.97 Å². The number of nitrogens with zero attached hydrogens (tertiary/aromatic N) is 4. The van der Waals surface area contributed by atoms with E-state index in [2.05, 4.69) is 50.5 Å². The molecule has 8 heteroatoms. The third-order valence-electron chi connectivity index (χ3n) is 7.68. The molecule has 3 N–H and O–H groups in total. The highest BCUT2D eigenvalue weighted by atomic mass is 16.4. The van der Waals surface area contributed by atoms with Gasteiger partial charge in [0.15, 0.2) is 5.82 Å². The van der Waals surface area contributed by atoms with E-state index in [0.717, 1.165) is 64.6 Å². The summed E-state index contributed by atoms with van der Waals surface area (Å²) in [6, 6.07) is 7.94. The highest BCUT2D eigenvalue weighted by Crippen LogP contribution is 2.41. The number of allylic oxidation sites excluding steroid dienone is 4. The maximum atomic E-state index is 11.0. The Bertz CT molecular complexity index is 1390. The van der Waals surface area contributed by atoms with Gasteiger partial charge >= 0.3 is 5.97 Å². The van der Waals surface area contributed by atoms with Crippen molar-refractivity contribution in [3.05, 3.63) is 54.4 Å². The van der Waals surface area contributed by atoms with Crippen molar-refractivity contribution in [2.45, 2.75) is 39.0 Å². The maximum Gasteiger partial charge on any atom is 0.303 e. The molecular weight excluding hydrogens is 440 g/mol. The van der Waals surface area contributed by atoms with Crippen LogP contribution in [0.4, 0.5) is 0 Å². The number of carboxylic acid groups (broad SMARTS) is 1. The number of nitrogens with one attached hydrogen (secondary N) is 2. The molecule has 1 saturated carbocycles. The quantitative estimate of drug-likeness (QED) is 0.361. The Labute approximate surface area is 202 Å². The number of aromatic nitrogens is 6. The van der Waals surface area contributed by atoms with Crippen molar-refractivity contribution in [2.75, 3.05) is 0 Å². The Morgan fingerprint density at radius 2 is 1.89 bits per heavy atom. The van der Waals surface area contributed by atoms with Crippen molar-refractivity contribution < 1.29 is 9.90 Å². The molecule has 0 amide bonds. The second-order valence-electron chi connectivity index (χ2n) is 9.98. The number of pyridine rings is 1. The topological polar surface area (TPSA) is 120 Å². The lowest BCUT2D eigenvalue weighted by atomic mass is 9.69. The van der Waals surface area contributed by atoms with Crippen LogP contribution in [0.5, 0.6) is 0 Å². The number of aromatic amines is 2. The van der Waals surface area contributed by atoms with Crippen LogP contribution in [0.2, 0.25) is 0 Å². The standard InChI is InChI=1S/C27H28N6O2/c1-15-10-18(6-8-20(15)17-4-2-16(3-5-17)11-26(34)35)21-9-7-19(14-28-21)27-29-22-12-24-25(32-33-31-24)13-23(22)30-27/h6-10,12-17,20,31,33H,2-5,11H2,1H3,(H,34,35). The number of H-pyrrole nitrogens is 2. The molecule has 0 bridgehead atoms. The third-order valence-corrected chi connectivity index (χ3v) is 7.68. The predicted molar refractivity (Wildman–Crippen MR) is 134 cm³/mol. The minimum Gasteiger partial charge on any atom is -0.481 e. The van der Waals surface area contributed by atoms with Gasteiger partial charge in [-0.05, 0) is 79.2 Å². The average molecular weight is 469 g/mol. The lowest BCUT2D eigenvalue weighted by Crippen LogP contribution is -2.26. The molecule has 3 aromatic heterocycles. The number of aliphatic carboxylic acids is 1. The van der Waals surface area contributed by atoms with Gasteiger partial charge in [0, 0.05) is 18.2 Å². The van der Waals surface area contributed by atoms with E-state index in [0.29, 0.717) is 35.9 Å². The molecule has 1 aromatic carbocycles. The normalized spacial score (nSPS) is 24.7. The Morgan fingerprint density at radius 1 is 1.09 bits per heavy atom. The fourth-order valence-corrected chi connectivity index (χ4v) is 5.79. The molecule has 0 saturated heterocycles. The number of rotatable bonds is 5. The molecule has 2 unspecified atom stereocenters. The van der Waals surface area contributed by atoms with E-state index in [1.807, 2.05) is 30.5 Å². The molecular formula is C27H28N6O2. The van der Waals surface area contributed by atoms with E-state index in [9.17, 15) is 4.79 Å². The summed E-state index contributed by atoms with van der Waals surface area (Å²) in [5.41, 5.74) is 6.34. The number of hydrogen-bond acceptors (Lipinski definition) is 5. The first-order chi connectivity index (χ1) is 17.0. The maximum absolute atomic E-state index is 11.0. The van der Waals surface area contributed by atoms with E-state index in [1.165, 1.54) is 0 Å². The smallest absolute Gasteiger partial charge is 0.303 e. The van der Waals surface area contributed by atoms with Crippen LogP contribution >= 0.6 is 0 Å². The van der Waals surface area contributed by atoms with Crippen LogP contribution < -0.4 is 0 Å². The lowest BCUT2D eigenvalue weighted by molar-refractivity contribution is -0.138. The Morgan fingerprint density at radius 3 is 2.60 bits per heavy atom. The number of carbonyl (C=O) groups is 1. The van der Waals surface area contributed by atoms with Crippen LogP contribution in [-0.4, -0.2) is 41.4 Å². The molecule has 0 aliphatic heterocycles. The summed E-state index contributed by atoms with van der Waals surface area (Å²) < 4.78 is 0. The van der Waals surface area contributed by atoms with Gasteiger partial charge in [-0.1, -0.05) is 25.2 Å². The molecule has 0 radical (unpaired) electrons. The number of imidazole rings is 1. The van der Waals surface area contributed by atoms with Crippen LogP contribution in [0, 0.1) is 23.7 Å². The van der Waals surface area contributed by atoms with Gasteiger partial charge < -0.3 is 5.11 Å². The third kappa shape index (κ3) is 4.24. The first-order valence-corrected chi connectivity index (χ1v) is 12.3. The number of hydrogen-bond donors (Lipinski definition) is 3. The molecule has 2 aliphatic rings. The second kappa shape index (κ2) is 8.76. The SMILES string of the molecule is CC1C=C(c2ccc(-c3nc4cc5n[nH][nH]c5cc4n3)cn2)C=CC1C1CCC(CC(=O)O)CC1. The van der Waals surface area contributed by atoms with E-state index >= 15 is 0 Å². The summed E-state index contributed by atoms with van der Waals surface area (Å²) in [5, 5.41) is 19.0. The molecule has 6 rings (SSSR count). The first kappa shape index (κ1) is 21.7. The Hall–Kier alpha value is -3.81. The van der Waals surface area contributed by atoms with Crippen molar-refractivity contribution >= 4 is 33.6 Å². The minimum absolute atomic E-state index is 0.312. The van der Waals surface area contributed by atoms with Crippen molar-refractivity contribution in [1.82, 2.24) is 30.4 Å². The molecule has 2 aliphatic carbocycles. The highest BCUT2D eigenvalue weighted by Gasteiger charge is 2.31. The molecule has 35 heavy (non-hydrogen) atoms. The van der Waals surface area contributed by atoms with E-state index in [-0.39, 0.29) is 0 Å². The van der Waals surface area contributed by atoms with Crippen molar-refractivity contribution in [2.24, 2.45) is 23.7 Å². The monoisotopic (exact) mass is 468 g/mol. The summed E-state index contributed by atoms with van der Waals surface area (Å²) in [4.78, 5) is 25.1. The van der Waals surface area contributed by atoms with Gasteiger partial charge in [-0.25, -0.2) is 15.2 Å². The van der Waals surface area contributed by atoms with Crippen molar-refractivity contribution in [1.29, 1.82) is 0 Å². The molecule has 4 aromatic rings. The van der Waals surface area contributed by atoms with Gasteiger partial charge in [0.1, 0.15) is 5.52 Å². The summed E-state index contributed by atoms with van der Waals surface area (Å²) in [6.45, 7) is 2.28. The lowest BCUT2D eigenvalue weighted by Gasteiger charge is -2.36. The molecule has 2 atom stereocenters. The average Bonchev–Trinajstić information content (AvgIpc) is 3.49. The minimum atomic E-state index is -0.669. The molecule has 1 fully saturated rings. The summed E-state index contributed by atoms with van der Waals surface area (Å²) in [7, 11) is 0. The fraction of sp³-hybridized carbons (Fsp3) is 0.370. The largest absolute Gasteiger partial charge is 0.481 e. The van der Waals surface area contributed by atoms with Crippen molar-refractivity contribution in [3.63, 3.8) is 0 Å². The van der Waals surface area contributed by atoms with Crippen LogP contribution in [-0.2, 0) is 4.79 Å². The van der Waals surface area contributed by atoms with Gasteiger partial charge in [0.05, 0.1) is 22.2 Å². The van der Waals surface area contributed by atoms with Crippen LogP contribution in [0.1, 0.15) is 44.7 Å².